The first-order valence-electron chi connectivity index (χ1n) is 6.26. The van der Waals surface area contributed by atoms with Crippen LogP contribution in [0.1, 0.15) is 47.0 Å². The first kappa shape index (κ1) is 12.3. The van der Waals surface area contributed by atoms with Crippen LogP contribution in [0.2, 0.25) is 0 Å². The maximum Gasteiger partial charge on any atom is 0.232 e. The lowest BCUT2D eigenvalue weighted by Crippen LogP contribution is -2.53. The van der Waals surface area contributed by atoms with Crippen molar-refractivity contribution in [1.29, 1.82) is 0 Å². The minimum Gasteiger partial charge on any atom is -0.351 e. The molecule has 2 bridgehead atoms. The van der Waals surface area contributed by atoms with Crippen molar-refractivity contribution in [2.24, 2.45) is 16.7 Å². The fourth-order valence-electron chi connectivity index (χ4n) is 3.93. The van der Waals surface area contributed by atoms with Crippen molar-refractivity contribution < 1.29 is 4.79 Å². The molecule has 0 spiro atoms. The van der Waals surface area contributed by atoms with Crippen LogP contribution in [-0.4, -0.2) is 17.2 Å². The SMILES string of the molecule is CC(S)C(=O)NC1C2(C)CCC(C2)C1(C)C. The van der Waals surface area contributed by atoms with E-state index in [1.807, 2.05) is 6.92 Å². The predicted molar refractivity (Wildman–Crippen MR) is 69.6 cm³/mol. The Kier molecular flexibility index (Phi) is 2.81. The molecule has 0 aromatic heterocycles. The number of hydrogen-bond acceptors (Lipinski definition) is 2. The van der Waals surface area contributed by atoms with E-state index in [2.05, 4.69) is 38.7 Å². The molecule has 16 heavy (non-hydrogen) atoms. The molecule has 0 heterocycles. The number of carbonyl (C=O) groups is 1. The Morgan fingerprint density at radius 1 is 1.44 bits per heavy atom. The maximum absolute atomic E-state index is 11.8. The highest BCUT2D eigenvalue weighted by molar-refractivity contribution is 7.81. The van der Waals surface area contributed by atoms with E-state index in [0.717, 1.165) is 5.92 Å². The quantitative estimate of drug-likeness (QED) is 0.715. The van der Waals surface area contributed by atoms with Gasteiger partial charge in [-0.25, -0.2) is 0 Å². The smallest absolute Gasteiger partial charge is 0.232 e. The molecule has 4 atom stereocenters. The topological polar surface area (TPSA) is 29.1 Å². The Bertz CT molecular complexity index is 308. The molecule has 2 saturated carbocycles. The molecule has 0 radical (unpaired) electrons. The lowest BCUT2D eigenvalue weighted by atomic mass is 9.68. The second kappa shape index (κ2) is 3.66. The van der Waals surface area contributed by atoms with Crippen molar-refractivity contribution >= 4 is 18.5 Å². The minimum atomic E-state index is -0.210. The molecule has 2 aliphatic rings. The minimum absolute atomic E-state index is 0.0789. The highest BCUT2D eigenvalue weighted by Crippen LogP contribution is 2.62. The van der Waals surface area contributed by atoms with E-state index >= 15 is 0 Å². The average molecular weight is 241 g/mol. The van der Waals surface area contributed by atoms with Gasteiger partial charge >= 0.3 is 0 Å². The molecule has 2 nitrogen and oxygen atoms in total. The third kappa shape index (κ3) is 1.68. The molecule has 2 fully saturated rings. The Morgan fingerprint density at radius 3 is 2.50 bits per heavy atom. The molecular formula is C13H23NOS. The largest absolute Gasteiger partial charge is 0.351 e. The van der Waals surface area contributed by atoms with Crippen LogP contribution in [0.5, 0.6) is 0 Å². The second-order valence-electron chi connectivity index (χ2n) is 6.53. The van der Waals surface area contributed by atoms with Crippen LogP contribution >= 0.6 is 12.6 Å². The van der Waals surface area contributed by atoms with Crippen molar-refractivity contribution in [2.75, 3.05) is 0 Å². The first-order valence-corrected chi connectivity index (χ1v) is 6.77. The summed E-state index contributed by atoms with van der Waals surface area (Å²) >= 11 is 4.21. The zero-order valence-corrected chi connectivity index (χ0v) is 11.6. The van der Waals surface area contributed by atoms with Gasteiger partial charge in [-0.2, -0.15) is 12.6 Å². The molecule has 2 rings (SSSR count). The van der Waals surface area contributed by atoms with Gasteiger partial charge in [0.1, 0.15) is 0 Å². The summed E-state index contributed by atoms with van der Waals surface area (Å²) in [6.45, 7) is 8.77. The summed E-state index contributed by atoms with van der Waals surface area (Å²) in [4.78, 5) is 11.8. The molecule has 0 aromatic rings. The van der Waals surface area contributed by atoms with Crippen LogP contribution in [0, 0.1) is 16.7 Å². The maximum atomic E-state index is 11.8. The number of rotatable bonds is 2. The Hall–Kier alpha value is -0.180. The highest BCUT2D eigenvalue weighted by Gasteiger charge is 2.59. The highest BCUT2D eigenvalue weighted by atomic mass is 32.1. The number of amides is 1. The van der Waals surface area contributed by atoms with E-state index in [1.165, 1.54) is 19.3 Å². The second-order valence-corrected chi connectivity index (χ2v) is 7.31. The monoisotopic (exact) mass is 241 g/mol. The fraction of sp³-hybridized carbons (Fsp3) is 0.923. The summed E-state index contributed by atoms with van der Waals surface area (Å²) in [6, 6.07) is 0.320. The molecule has 0 aromatic carbocycles. The molecule has 0 saturated heterocycles. The van der Waals surface area contributed by atoms with Gasteiger partial charge in [0, 0.05) is 6.04 Å². The van der Waals surface area contributed by atoms with Crippen LogP contribution < -0.4 is 5.32 Å². The van der Waals surface area contributed by atoms with Crippen LogP contribution in [0.4, 0.5) is 0 Å². The molecule has 1 amide bonds. The van der Waals surface area contributed by atoms with E-state index in [9.17, 15) is 4.79 Å². The summed E-state index contributed by atoms with van der Waals surface area (Å²) < 4.78 is 0. The van der Waals surface area contributed by atoms with Gasteiger partial charge in [0.2, 0.25) is 5.91 Å². The summed E-state index contributed by atoms with van der Waals surface area (Å²) in [6.07, 6.45) is 3.85. The molecule has 4 unspecified atom stereocenters. The summed E-state index contributed by atoms with van der Waals surface area (Å²) in [7, 11) is 0. The first-order chi connectivity index (χ1) is 7.27. The lowest BCUT2D eigenvalue weighted by molar-refractivity contribution is -0.123. The standard InChI is InChI=1S/C13H23NOS/c1-8(16)10(15)14-11-12(2,3)9-5-6-13(11,4)7-9/h8-9,11,16H,5-7H2,1-4H3,(H,14,15). The normalized spacial score (nSPS) is 42.1. The van der Waals surface area contributed by atoms with E-state index < -0.39 is 0 Å². The van der Waals surface area contributed by atoms with Gasteiger partial charge in [-0.15, -0.1) is 0 Å². The lowest BCUT2D eigenvalue weighted by Gasteiger charge is -2.43. The van der Waals surface area contributed by atoms with Crippen molar-refractivity contribution in [1.82, 2.24) is 5.32 Å². The predicted octanol–water partition coefficient (Wildman–Crippen LogP) is 2.64. The Labute approximate surface area is 104 Å². The van der Waals surface area contributed by atoms with Crippen molar-refractivity contribution in [3.63, 3.8) is 0 Å². The zero-order valence-electron chi connectivity index (χ0n) is 10.7. The molecule has 2 aliphatic carbocycles. The average Bonchev–Trinajstić information content (AvgIpc) is 2.63. The van der Waals surface area contributed by atoms with E-state index in [1.54, 1.807) is 0 Å². The third-order valence-electron chi connectivity index (χ3n) is 4.94. The summed E-state index contributed by atoms with van der Waals surface area (Å²) in [5.41, 5.74) is 0.553. The number of nitrogens with one attached hydrogen (secondary N) is 1. The number of carbonyl (C=O) groups excluding carboxylic acids is 1. The Balaban J connectivity index is 2.17. The van der Waals surface area contributed by atoms with E-state index in [-0.39, 0.29) is 16.6 Å². The van der Waals surface area contributed by atoms with Crippen molar-refractivity contribution in [3.05, 3.63) is 0 Å². The van der Waals surface area contributed by atoms with E-state index in [0.29, 0.717) is 11.5 Å². The molecule has 1 N–H and O–H groups in total. The number of fused-ring (bicyclic) bond motifs is 2. The fourth-order valence-corrected chi connectivity index (χ4v) is 4.00. The number of thiol groups is 1. The van der Waals surface area contributed by atoms with Gasteiger partial charge in [-0.05, 0) is 42.9 Å². The van der Waals surface area contributed by atoms with Gasteiger partial charge in [0.05, 0.1) is 5.25 Å². The van der Waals surface area contributed by atoms with Crippen LogP contribution in [0.15, 0.2) is 0 Å². The summed E-state index contributed by atoms with van der Waals surface area (Å²) in [5.74, 6) is 0.855. The summed E-state index contributed by atoms with van der Waals surface area (Å²) in [5, 5.41) is 3.02. The molecular weight excluding hydrogens is 218 g/mol. The zero-order chi connectivity index (χ0) is 12.1. The van der Waals surface area contributed by atoms with Gasteiger partial charge in [0.15, 0.2) is 0 Å². The van der Waals surface area contributed by atoms with Gasteiger partial charge in [-0.3, -0.25) is 4.79 Å². The van der Waals surface area contributed by atoms with Gasteiger partial charge in [-0.1, -0.05) is 20.8 Å². The van der Waals surface area contributed by atoms with Crippen LogP contribution in [-0.2, 0) is 4.79 Å². The van der Waals surface area contributed by atoms with E-state index in [4.69, 9.17) is 0 Å². The van der Waals surface area contributed by atoms with Crippen molar-refractivity contribution in [2.45, 2.75) is 58.2 Å². The molecule has 0 aliphatic heterocycles. The third-order valence-corrected chi connectivity index (χ3v) is 5.17. The van der Waals surface area contributed by atoms with Crippen LogP contribution in [0.25, 0.3) is 0 Å². The van der Waals surface area contributed by atoms with Gasteiger partial charge in [0.25, 0.3) is 0 Å². The number of hydrogen-bond donors (Lipinski definition) is 2. The van der Waals surface area contributed by atoms with Gasteiger partial charge < -0.3 is 5.32 Å². The van der Waals surface area contributed by atoms with Crippen LogP contribution in [0.3, 0.4) is 0 Å². The van der Waals surface area contributed by atoms with Crippen molar-refractivity contribution in [3.8, 4) is 0 Å². The molecule has 92 valence electrons. The Morgan fingerprint density at radius 2 is 2.06 bits per heavy atom. The molecule has 3 heteroatoms.